The van der Waals surface area contributed by atoms with Crippen molar-refractivity contribution in [2.75, 3.05) is 13.2 Å². The van der Waals surface area contributed by atoms with Crippen molar-refractivity contribution in [3.05, 3.63) is 29.8 Å². The molecular weight excluding hydrogens is 246 g/mol. The maximum Gasteiger partial charge on any atom is 0.119 e. The molecule has 20 heavy (non-hydrogen) atoms. The van der Waals surface area contributed by atoms with Gasteiger partial charge in [0.25, 0.3) is 0 Å². The van der Waals surface area contributed by atoms with Crippen LogP contribution in [0.1, 0.15) is 44.6 Å². The van der Waals surface area contributed by atoms with E-state index in [0.29, 0.717) is 0 Å². The molecule has 0 saturated heterocycles. The second-order valence-corrected chi connectivity index (χ2v) is 6.47. The molecule has 3 rings (SSSR count). The van der Waals surface area contributed by atoms with Crippen LogP contribution in [-0.4, -0.2) is 13.2 Å². The summed E-state index contributed by atoms with van der Waals surface area (Å²) < 4.78 is 5.69. The van der Waals surface area contributed by atoms with Gasteiger partial charge in [-0.05, 0) is 74.1 Å². The maximum absolute atomic E-state index is 5.69. The predicted molar refractivity (Wildman–Crippen MR) is 82.9 cm³/mol. The summed E-state index contributed by atoms with van der Waals surface area (Å²) in [6.07, 6.45) is 6.96. The molecule has 2 fully saturated rings. The quantitative estimate of drug-likeness (QED) is 0.734. The Hall–Kier alpha value is -1.02. The van der Waals surface area contributed by atoms with Gasteiger partial charge in [-0.15, -0.1) is 0 Å². The third kappa shape index (κ3) is 3.99. The van der Waals surface area contributed by atoms with Gasteiger partial charge in [-0.25, -0.2) is 0 Å². The fourth-order valence-electron chi connectivity index (χ4n) is 3.12. The molecule has 0 heterocycles. The van der Waals surface area contributed by atoms with Crippen LogP contribution < -0.4 is 10.1 Å². The summed E-state index contributed by atoms with van der Waals surface area (Å²) >= 11 is 0. The van der Waals surface area contributed by atoms with Crippen LogP contribution in [-0.2, 0) is 6.54 Å². The van der Waals surface area contributed by atoms with Crippen LogP contribution in [0.15, 0.2) is 24.3 Å². The first kappa shape index (κ1) is 13.9. The first-order chi connectivity index (χ1) is 9.86. The molecule has 2 saturated carbocycles. The number of hydrogen-bond donors (Lipinski definition) is 1. The summed E-state index contributed by atoms with van der Waals surface area (Å²) in [7, 11) is 0. The molecule has 0 aliphatic heterocycles. The zero-order valence-electron chi connectivity index (χ0n) is 12.6. The molecule has 1 N–H and O–H groups in total. The van der Waals surface area contributed by atoms with Gasteiger partial charge >= 0.3 is 0 Å². The minimum Gasteiger partial charge on any atom is -0.494 e. The zero-order chi connectivity index (χ0) is 13.8. The van der Waals surface area contributed by atoms with Gasteiger partial charge in [0.2, 0.25) is 0 Å². The van der Waals surface area contributed by atoms with E-state index in [1.165, 1.54) is 37.8 Å². The lowest BCUT2D eigenvalue weighted by Gasteiger charge is -2.16. The highest BCUT2D eigenvalue weighted by Crippen LogP contribution is 2.48. The van der Waals surface area contributed by atoms with Crippen molar-refractivity contribution in [2.45, 2.75) is 45.6 Å². The minimum absolute atomic E-state index is 0.808. The molecule has 2 aliphatic rings. The molecule has 0 spiro atoms. The second kappa shape index (κ2) is 6.62. The monoisotopic (exact) mass is 273 g/mol. The number of rotatable bonds is 9. The number of benzene rings is 1. The van der Waals surface area contributed by atoms with Gasteiger partial charge < -0.3 is 10.1 Å². The molecule has 0 atom stereocenters. The Morgan fingerprint density at radius 2 is 1.95 bits per heavy atom. The van der Waals surface area contributed by atoms with Crippen LogP contribution >= 0.6 is 0 Å². The van der Waals surface area contributed by atoms with E-state index in [-0.39, 0.29) is 0 Å². The molecule has 2 aliphatic carbocycles. The SMILES string of the molecule is CCCOc1cccc(CNCC(C2CC2)C2CC2)c1. The van der Waals surface area contributed by atoms with Crippen molar-refractivity contribution in [1.29, 1.82) is 0 Å². The Morgan fingerprint density at radius 1 is 1.20 bits per heavy atom. The van der Waals surface area contributed by atoms with Crippen molar-refractivity contribution < 1.29 is 4.74 Å². The number of nitrogens with one attached hydrogen (secondary N) is 1. The van der Waals surface area contributed by atoms with Crippen molar-refractivity contribution in [3.63, 3.8) is 0 Å². The van der Waals surface area contributed by atoms with E-state index in [4.69, 9.17) is 4.74 Å². The van der Waals surface area contributed by atoms with Crippen LogP contribution in [0.4, 0.5) is 0 Å². The number of ether oxygens (including phenoxy) is 1. The summed E-state index contributed by atoms with van der Waals surface area (Å²) in [5.74, 6) is 4.03. The van der Waals surface area contributed by atoms with Gasteiger partial charge in [0, 0.05) is 6.54 Å². The Balaban J connectivity index is 1.45. The molecule has 2 nitrogen and oxygen atoms in total. The molecule has 0 aromatic heterocycles. The van der Waals surface area contributed by atoms with E-state index in [0.717, 1.165) is 43.1 Å². The van der Waals surface area contributed by atoms with Crippen molar-refractivity contribution >= 4 is 0 Å². The predicted octanol–water partition coefficient (Wildman–Crippen LogP) is 4.00. The highest BCUT2D eigenvalue weighted by atomic mass is 16.5. The summed E-state index contributed by atoms with van der Waals surface area (Å²) in [4.78, 5) is 0. The summed E-state index contributed by atoms with van der Waals surface area (Å²) in [5, 5.41) is 3.67. The van der Waals surface area contributed by atoms with Gasteiger partial charge in [-0.1, -0.05) is 19.1 Å². The Labute approximate surface area is 122 Å². The summed E-state index contributed by atoms with van der Waals surface area (Å²) in [6, 6.07) is 8.51. The Morgan fingerprint density at radius 3 is 2.60 bits per heavy atom. The summed E-state index contributed by atoms with van der Waals surface area (Å²) in [5.41, 5.74) is 1.34. The van der Waals surface area contributed by atoms with E-state index in [1.807, 2.05) is 0 Å². The largest absolute Gasteiger partial charge is 0.494 e. The van der Waals surface area contributed by atoms with E-state index in [9.17, 15) is 0 Å². The van der Waals surface area contributed by atoms with Crippen LogP contribution in [0.25, 0.3) is 0 Å². The van der Waals surface area contributed by atoms with Gasteiger partial charge in [0.05, 0.1) is 6.61 Å². The molecule has 1 aromatic rings. The van der Waals surface area contributed by atoms with Gasteiger partial charge in [-0.3, -0.25) is 0 Å². The average molecular weight is 273 g/mol. The van der Waals surface area contributed by atoms with Crippen molar-refractivity contribution in [3.8, 4) is 5.75 Å². The van der Waals surface area contributed by atoms with E-state index < -0.39 is 0 Å². The van der Waals surface area contributed by atoms with E-state index in [1.54, 1.807) is 0 Å². The molecule has 0 bridgehead atoms. The van der Waals surface area contributed by atoms with Crippen molar-refractivity contribution in [1.82, 2.24) is 5.32 Å². The Kier molecular flexibility index (Phi) is 4.62. The number of hydrogen-bond acceptors (Lipinski definition) is 2. The molecule has 110 valence electrons. The highest BCUT2D eigenvalue weighted by Gasteiger charge is 2.40. The van der Waals surface area contributed by atoms with Crippen LogP contribution in [0.5, 0.6) is 5.75 Å². The highest BCUT2D eigenvalue weighted by molar-refractivity contribution is 5.28. The lowest BCUT2D eigenvalue weighted by molar-refractivity contribution is 0.317. The maximum atomic E-state index is 5.69. The first-order valence-electron chi connectivity index (χ1n) is 8.29. The van der Waals surface area contributed by atoms with Gasteiger partial charge in [-0.2, -0.15) is 0 Å². The molecule has 0 amide bonds. The fraction of sp³-hybridized carbons (Fsp3) is 0.667. The third-order valence-electron chi connectivity index (χ3n) is 4.54. The standard InChI is InChI=1S/C18H27NO/c1-2-10-20-17-5-3-4-14(11-17)12-19-13-18(15-6-7-15)16-8-9-16/h3-5,11,15-16,18-19H,2,6-10,12-13H2,1H3. The summed E-state index contributed by atoms with van der Waals surface area (Å²) in [6.45, 7) is 5.12. The van der Waals surface area contributed by atoms with Crippen LogP contribution in [0, 0.1) is 17.8 Å². The third-order valence-corrected chi connectivity index (χ3v) is 4.54. The molecular formula is C18H27NO. The molecule has 0 radical (unpaired) electrons. The van der Waals surface area contributed by atoms with E-state index >= 15 is 0 Å². The Bertz CT molecular complexity index is 411. The second-order valence-electron chi connectivity index (χ2n) is 6.47. The van der Waals surface area contributed by atoms with Crippen LogP contribution in [0.2, 0.25) is 0 Å². The lowest BCUT2D eigenvalue weighted by atomic mass is 9.98. The normalized spacial score (nSPS) is 18.5. The minimum atomic E-state index is 0.808. The zero-order valence-corrected chi connectivity index (χ0v) is 12.6. The van der Waals surface area contributed by atoms with Crippen molar-refractivity contribution in [2.24, 2.45) is 17.8 Å². The molecule has 2 heteroatoms. The average Bonchev–Trinajstić information content (AvgIpc) is 3.35. The van der Waals surface area contributed by atoms with Crippen LogP contribution in [0.3, 0.4) is 0 Å². The fourth-order valence-corrected chi connectivity index (χ4v) is 3.12. The molecule has 1 aromatic carbocycles. The van der Waals surface area contributed by atoms with Gasteiger partial charge in [0.1, 0.15) is 5.75 Å². The lowest BCUT2D eigenvalue weighted by Crippen LogP contribution is -2.25. The van der Waals surface area contributed by atoms with Gasteiger partial charge in [0.15, 0.2) is 0 Å². The molecule has 0 unspecified atom stereocenters. The topological polar surface area (TPSA) is 21.3 Å². The smallest absolute Gasteiger partial charge is 0.119 e. The van der Waals surface area contributed by atoms with E-state index in [2.05, 4.69) is 36.5 Å². The first-order valence-corrected chi connectivity index (χ1v) is 8.29.